The molecule has 0 radical (unpaired) electrons. The zero-order chi connectivity index (χ0) is 17.2. The molecule has 5 nitrogen and oxygen atoms in total. The molecule has 126 valence electrons. The molecule has 24 heavy (non-hydrogen) atoms. The third kappa shape index (κ3) is 3.66. The fourth-order valence-corrected chi connectivity index (χ4v) is 3.74. The van der Waals surface area contributed by atoms with Crippen molar-refractivity contribution in [2.45, 2.75) is 23.8 Å². The summed E-state index contributed by atoms with van der Waals surface area (Å²) in [6.07, 6.45) is 0.755. The largest absolute Gasteiger partial charge is 0.469 e. The summed E-state index contributed by atoms with van der Waals surface area (Å²) < 4.78 is 32.0. The number of ether oxygens (including phenoxy) is 1. The summed E-state index contributed by atoms with van der Waals surface area (Å²) in [4.78, 5) is 11.7. The lowest BCUT2D eigenvalue weighted by Crippen LogP contribution is -2.23. The van der Waals surface area contributed by atoms with E-state index in [1.54, 1.807) is 24.3 Å². The van der Waals surface area contributed by atoms with Gasteiger partial charge in [0, 0.05) is 6.54 Å². The van der Waals surface area contributed by atoms with Gasteiger partial charge in [-0.15, -0.1) is 0 Å². The average molecular weight is 345 g/mol. The van der Waals surface area contributed by atoms with Crippen LogP contribution in [-0.4, -0.2) is 21.5 Å². The van der Waals surface area contributed by atoms with Gasteiger partial charge in [-0.2, -0.15) is 0 Å². The first-order chi connectivity index (χ1) is 11.5. The number of sulfonamides is 1. The topological polar surface area (TPSA) is 72.5 Å². The molecule has 2 atom stereocenters. The Balaban J connectivity index is 1.65. The molecule has 0 spiro atoms. The van der Waals surface area contributed by atoms with Gasteiger partial charge in [0.15, 0.2) is 0 Å². The van der Waals surface area contributed by atoms with E-state index >= 15 is 0 Å². The van der Waals surface area contributed by atoms with Gasteiger partial charge in [0.25, 0.3) is 0 Å². The highest BCUT2D eigenvalue weighted by atomic mass is 32.2. The minimum atomic E-state index is -3.56. The number of hydrogen-bond donors (Lipinski definition) is 1. The Morgan fingerprint density at radius 2 is 1.79 bits per heavy atom. The molecule has 1 saturated carbocycles. The summed E-state index contributed by atoms with van der Waals surface area (Å²) >= 11 is 0. The Morgan fingerprint density at radius 3 is 2.42 bits per heavy atom. The lowest BCUT2D eigenvalue weighted by atomic mass is 10.1. The van der Waals surface area contributed by atoms with E-state index in [0.717, 1.165) is 17.5 Å². The van der Waals surface area contributed by atoms with Crippen LogP contribution in [0, 0.1) is 5.92 Å². The van der Waals surface area contributed by atoms with E-state index in [9.17, 15) is 13.2 Å². The van der Waals surface area contributed by atoms with Crippen LogP contribution in [0.4, 0.5) is 0 Å². The molecular weight excluding hydrogens is 326 g/mol. The van der Waals surface area contributed by atoms with Crippen molar-refractivity contribution >= 4 is 16.0 Å². The molecule has 6 heteroatoms. The SMILES string of the molecule is COC(=O)[C@@H]1C[C@H]1c1ccc(S(=O)(=O)NCc2ccccc2)cc1. The standard InChI is InChI=1S/C18H19NO4S/c1-23-18(20)17-11-16(17)14-7-9-15(10-8-14)24(21,22)19-12-13-5-3-2-4-6-13/h2-10,16-17,19H,11-12H2,1H3/t16-,17+/m0/s1. The third-order valence-corrected chi connectivity index (χ3v) is 5.64. The van der Waals surface area contributed by atoms with Gasteiger partial charge >= 0.3 is 5.97 Å². The summed E-state index contributed by atoms with van der Waals surface area (Å²) in [6.45, 7) is 0.248. The number of hydrogen-bond acceptors (Lipinski definition) is 4. The molecule has 2 aromatic rings. The van der Waals surface area contributed by atoms with Crippen molar-refractivity contribution in [2.24, 2.45) is 5.92 Å². The molecule has 1 fully saturated rings. The first kappa shape index (κ1) is 16.7. The Bertz CT molecular complexity index is 816. The van der Waals surface area contributed by atoms with Crippen LogP contribution in [0.1, 0.15) is 23.5 Å². The van der Waals surface area contributed by atoms with Crippen LogP contribution in [0.2, 0.25) is 0 Å². The molecule has 0 aliphatic heterocycles. The zero-order valence-electron chi connectivity index (χ0n) is 13.3. The normalized spacial score (nSPS) is 19.7. The maximum absolute atomic E-state index is 12.3. The Morgan fingerprint density at radius 1 is 1.12 bits per heavy atom. The second-order valence-electron chi connectivity index (χ2n) is 5.85. The van der Waals surface area contributed by atoms with E-state index in [1.165, 1.54) is 7.11 Å². The Hall–Kier alpha value is -2.18. The fraction of sp³-hybridized carbons (Fsp3) is 0.278. The summed E-state index contributed by atoms with van der Waals surface area (Å²) in [5.74, 6) is -0.179. The van der Waals surface area contributed by atoms with Gasteiger partial charge in [0.1, 0.15) is 0 Å². The van der Waals surface area contributed by atoms with E-state index in [2.05, 4.69) is 4.72 Å². The zero-order valence-corrected chi connectivity index (χ0v) is 14.1. The molecule has 2 aromatic carbocycles. The summed E-state index contributed by atoms with van der Waals surface area (Å²) in [6, 6.07) is 16.0. The van der Waals surface area contributed by atoms with E-state index < -0.39 is 10.0 Å². The van der Waals surface area contributed by atoms with Crippen molar-refractivity contribution in [2.75, 3.05) is 7.11 Å². The monoisotopic (exact) mass is 345 g/mol. The average Bonchev–Trinajstić information content (AvgIpc) is 3.41. The second-order valence-corrected chi connectivity index (χ2v) is 7.62. The molecule has 0 amide bonds. The van der Waals surface area contributed by atoms with Crippen molar-refractivity contribution in [3.63, 3.8) is 0 Å². The smallest absolute Gasteiger partial charge is 0.309 e. The molecule has 3 rings (SSSR count). The molecule has 1 aliphatic rings. The van der Waals surface area contributed by atoms with Crippen LogP contribution in [0.5, 0.6) is 0 Å². The maximum atomic E-state index is 12.3. The lowest BCUT2D eigenvalue weighted by Gasteiger charge is -2.08. The van der Waals surface area contributed by atoms with E-state index in [-0.39, 0.29) is 29.2 Å². The van der Waals surface area contributed by atoms with Gasteiger partial charge in [-0.1, -0.05) is 42.5 Å². The number of carbonyl (C=O) groups excluding carboxylic acids is 1. The highest BCUT2D eigenvalue weighted by Gasteiger charge is 2.44. The molecule has 1 aliphatic carbocycles. The van der Waals surface area contributed by atoms with Gasteiger partial charge in [-0.25, -0.2) is 13.1 Å². The number of benzene rings is 2. The quantitative estimate of drug-likeness (QED) is 0.816. The summed E-state index contributed by atoms with van der Waals surface area (Å²) in [5, 5.41) is 0. The number of nitrogens with one attached hydrogen (secondary N) is 1. The number of methoxy groups -OCH3 is 1. The highest BCUT2D eigenvalue weighted by molar-refractivity contribution is 7.89. The predicted molar refractivity (Wildman–Crippen MR) is 89.8 cm³/mol. The van der Waals surface area contributed by atoms with Crippen molar-refractivity contribution in [1.29, 1.82) is 0 Å². The van der Waals surface area contributed by atoms with E-state index in [0.29, 0.717) is 0 Å². The van der Waals surface area contributed by atoms with Crippen LogP contribution in [0.25, 0.3) is 0 Å². The minimum Gasteiger partial charge on any atom is -0.469 e. The van der Waals surface area contributed by atoms with Crippen LogP contribution in [0.3, 0.4) is 0 Å². The number of rotatable bonds is 6. The van der Waals surface area contributed by atoms with Gasteiger partial charge < -0.3 is 4.74 Å². The number of carbonyl (C=O) groups is 1. The third-order valence-electron chi connectivity index (χ3n) is 4.22. The molecule has 0 unspecified atom stereocenters. The van der Waals surface area contributed by atoms with Crippen LogP contribution in [-0.2, 0) is 26.1 Å². The second kappa shape index (κ2) is 6.75. The molecule has 0 saturated heterocycles. The maximum Gasteiger partial charge on any atom is 0.309 e. The van der Waals surface area contributed by atoms with Crippen LogP contribution < -0.4 is 4.72 Å². The summed E-state index contributed by atoms with van der Waals surface area (Å²) in [5.41, 5.74) is 1.86. The lowest BCUT2D eigenvalue weighted by molar-refractivity contribution is -0.142. The molecule has 0 heterocycles. The first-order valence-corrected chi connectivity index (χ1v) is 9.21. The van der Waals surface area contributed by atoms with Gasteiger partial charge in [0.05, 0.1) is 17.9 Å². The predicted octanol–water partition coefficient (Wildman–Crippen LogP) is 2.44. The Kier molecular flexibility index (Phi) is 4.69. The fourth-order valence-electron chi connectivity index (χ4n) is 2.73. The molecule has 1 N–H and O–H groups in total. The Labute approximate surface area is 141 Å². The van der Waals surface area contributed by atoms with Gasteiger partial charge in [-0.3, -0.25) is 4.79 Å². The van der Waals surface area contributed by atoms with Crippen LogP contribution in [0.15, 0.2) is 59.5 Å². The van der Waals surface area contributed by atoms with Crippen molar-refractivity contribution < 1.29 is 17.9 Å². The highest BCUT2D eigenvalue weighted by Crippen LogP contribution is 2.48. The minimum absolute atomic E-state index is 0.103. The molecule has 0 aromatic heterocycles. The van der Waals surface area contributed by atoms with Crippen molar-refractivity contribution in [3.05, 3.63) is 65.7 Å². The number of esters is 1. The summed E-state index contributed by atoms with van der Waals surface area (Å²) in [7, 11) is -2.18. The van der Waals surface area contributed by atoms with Gasteiger partial charge in [0.2, 0.25) is 10.0 Å². The molecule has 0 bridgehead atoms. The van der Waals surface area contributed by atoms with Crippen LogP contribution >= 0.6 is 0 Å². The van der Waals surface area contributed by atoms with Crippen molar-refractivity contribution in [3.8, 4) is 0 Å². The van der Waals surface area contributed by atoms with E-state index in [4.69, 9.17) is 4.74 Å². The first-order valence-electron chi connectivity index (χ1n) is 7.72. The van der Waals surface area contributed by atoms with Crippen molar-refractivity contribution in [1.82, 2.24) is 4.72 Å². The molecular formula is C18H19NO4S. The van der Waals surface area contributed by atoms with Gasteiger partial charge in [-0.05, 0) is 35.6 Å². The van der Waals surface area contributed by atoms with E-state index in [1.807, 2.05) is 30.3 Å².